The van der Waals surface area contributed by atoms with E-state index in [-0.39, 0.29) is 15.4 Å². The minimum atomic E-state index is -1.15. The van der Waals surface area contributed by atoms with Crippen molar-refractivity contribution in [3.05, 3.63) is 31.7 Å². The van der Waals surface area contributed by atoms with E-state index in [2.05, 4.69) is 16.0 Å². The van der Waals surface area contributed by atoms with Gasteiger partial charge in [-0.2, -0.15) is 5.26 Å². The lowest BCUT2D eigenvalue weighted by Gasteiger charge is -2.12. The molecule has 2 aromatic rings. The molecule has 8 heteroatoms. The molecule has 1 N–H and O–H groups in total. The Morgan fingerprint density at radius 2 is 1.96 bits per heavy atom. The fraction of sp³-hybridized carbons (Fsp3) is 0.400. The summed E-state index contributed by atoms with van der Waals surface area (Å²) in [6.45, 7) is 6.50. The predicted octanol–water partition coefficient (Wildman–Crippen LogP) is 2.67. The molecule has 0 saturated heterocycles. The summed E-state index contributed by atoms with van der Waals surface area (Å²) >= 11 is 2.10. The van der Waals surface area contributed by atoms with Crippen molar-refractivity contribution < 1.29 is 14.7 Å². The van der Waals surface area contributed by atoms with Crippen molar-refractivity contribution in [1.29, 1.82) is 5.26 Å². The average Bonchev–Trinajstić information content (AvgIpc) is 3.13. The molecule has 0 bridgehead atoms. The van der Waals surface area contributed by atoms with Gasteiger partial charge in [-0.3, -0.25) is 9.59 Å². The summed E-state index contributed by atoms with van der Waals surface area (Å²) in [5.74, 6) is -0.434. The number of nitrogens with zero attached hydrogens (tertiary/aromatic N) is 3. The van der Waals surface area contributed by atoms with Crippen LogP contribution in [-0.2, 0) is 11.0 Å². The van der Waals surface area contributed by atoms with Crippen LogP contribution >= 0.6 is 22.7 Å². The monoisotopic (exact) mass is 349 g/mol. The first kappa shape index (κ1) is 17.4. The summed E-state index contributed by atoms with van der Waals surface area (Å²) in [7, 11) is 0. The van der Waals surface area contributed by atoms with Crippen molar-refractivity contribution in [2.75, 3.05) is 0 Å². The Labute approximate surface area is 141 Å². The Morgan fingerprint density at radius 3 is 2.43 bits per heavy atom. The molecule has 2 aromatic heterocycles. The molecule has 6 nitrogen and oxygen atoms in total. The van der Waals surface area contributed by atoms with E-state index in [1.807, 2.05) is 0 Å². The van der Waals surface area contributed by atoms with E-state index in [1.165, 1.54) is 6.20 Å². The van der Waals surface area contributed by atoms with Gasteiger partial charge in [-0.05, 0) is 27.7 Å². The highest BCUT2D eigenvalue weighted by Gasteiger charge is 2.30. The number of thiazole rings is 2. The maximum absolute atomic E-state index is 12.6. The number of ketones is 1. The summed E-state index contributed by atoms with van der Waals surface area (Å²) in [6.07, 6.45) is 1.93. The van der Waals surface area contributed by atoms with E-state index in [0.717, 1.165) is 22.7 Å². The van der Waals surface area contributed by atoms with Crippen LogP contribution in [0.25, 0.3) is 0 Å². The van der Waals surface area contributed by atoms with Crippen LogP contribution in [0.15, 0.2) is 6.20 Å². The first-order valence-corrected chi connectivity index (χ1v) is 8.34. The molecule has 0 amide bonds. The van der Waals surface area contributed by atoms with Gasteiger partial charge in [0.25, 0.3) is 0 Å². The minimum Gasteiger partial charge on any atom is -0.383 e. The highest BCUT2D eigenvalue weighted by Crippen LogP contribution is 2.31. The molecule has 0 aliphatic carbocycles. The SMILES string of the molecule is CC(C)(O)c1ncc(C(=O)c2nc(C(C)(C)C#N)sc2C=O)s1. The summed E-state index contributed by atoms with van der Waals surface area (Å²) in [4.78, 5) is 32.5. The van der Waals surface area contributed by atoms with Crippen LogP contribution in [0, 0.1) is 11.3 Å². The van der Waals surface area contributed by atoms with E-state index in [4.69, 9.17) is 0 Å². The first-order valence-electron chi connectivity index (χ1n) is 6.71. The van der Waals surface area contributed by atoms with Crippen molar-refractivity contribution in [2.45, 2.75) is 38.7 Å². The number of aliphatic hydroxyl groups is 1. The third-order valence-corrected chi connectivity index (χ3v) is 5.66. The number of aldehydes is 1. The first-order chi connectivity index (χ1) is 10.6. The molecule has 0 spiro atoms. The van der Waals surface area contributed by atoms with Crippen LogP contribution in [-0.4, -0.2) is 27.1 Å². The highest BCUT2D eigenvalue weighted by atomic mass is 32.1. The lowest BCUT2D eigenvalue weighted by molar-refractivity contribution is 0.0782. The van der Waals surface area contributed by atoms with Crippen molar-refractivity contribution in [3.63, 3.8) is 0 Å². The number of hydrogen-bond donors (Lipinski definition) is 1. The van der Waals surface area contributed by atoms with Gasteiger partial charge in [0.05, 0.1) is 15.8 Å². The average molecular weight is 349 g/mol. The molecular formula is C15H15N3O3S2. The zero-order chi connectivity index (χ0) is 17.4. The normalized spacial score (nSPS) is 12.0. The number of nitriles is 1. The summed E-state index contributed by atoms with van der Waals surface area (Å²) in [6, 6.07) is 2.10. The Balaban J connectivity index is 2.46. The van der Waals surface area contributed by atoms with Gasteiger partial charge in [0, 0.05) is 6.20 Å². The second-order valence-electron chi connectivity index (χ2n) is 6.00. The van der Waals surface area contributed by atoms with Gasteiger partial charge in [0.2, 0.25) is 5.78 Å². The van der Waals surface area contributed by atoms with E-state index in [0.29, 0.717) is 16.3 Å². The third kappa shape index (κ3) is 3.37. The maximum Gasteiger partial charge on any atom is 0.224 e. The number of rotatable bonds is 5. The van der Waals surface area contributed by atoms with Crippen LogP contribution in [0.5, 0.6) is 0 Å². The highest BCUT2D eigenvalue weighted by molar-refractivity contribution is 7.15. The smallest absolute Gasteiger partial charge is 0.224 e. The van der Waals surface area contributed by atoms with Gasteiger partial charge in [-0.15, -0.1) is 22.7 Å². The molecule has 2 rings (SSSR count). The Bertz CT molecular complexity index is 807. The summed E-state index contributed by atoms with van der Waals surface area (Å²) < 4.78 is 0. The van der Waals surface area contributed by atoms with Gasteiger partial charge in [-0.25, -0.2) is 9.97 Å². The lowest BCUT2D eigenvalue weighted by atomic mass is 9.97. The van der Waals surface area contributed by atoms with Crippen LogP contribution in [0.1, 0.15) is 62.7 Å². The van der Waals surface area contributed by atoms with Crippen molar-refractivity contribution in [3.8, 4) is 6.07 Å². The topological polar surface area (TPSA) is 104 Å². The number of carbonyl (C=O) groups is 2. The van der Waals surface area contributed by atoms with Crippen molar-refractivity contribution >= 4 is 34.7 Å². The zero-order valence-corrected chi connectivity index (χ0v) is 14.7. The Morgan fingerprint density at radius 1 is 1.30 bits per heavy atom. The van der Waals surface area contributed by atoms with Gasteiger partial charge >= 0.3 is 0 Å². The molecule has 120 valence electrons. The van der Waals surface area contributed by atoms with Crippen molar-refractivity contribution in [2.24, 2.45) is 0 Å². The molecule has 0 radical (unpaired) electrons. The largest absolute Gasteiger partial charge is 0.383 e. The predicted molar refractivity (Wildman–Crippen MR) is 86.9 cm³/mol. The van der Waals surface area contributed by atoms with Crippen LogP contribution in [0.3, 0.4) is 0 Å². The molecule has 0 atom stereocenters. The molecule has 2 heterocycles. The minimum absolute atomic E-state index is 0.0225. The zero-order valence-electron chi connectivity index (χ0n) is 13.1. The lowest BCUT2D eigenvalue weighted by Crippen LogP contribution is -2.14. The molecule has 0 unspecified atom stereocenters. The molecule has 0 aliphatic heterocycles. The van der Waals surface area contributed by atoms with Crippen LogP contribution < -0.4 is 0 Å². The number of carbonyl (C=O) groups excluding carboxylic acids is 2. The Kier molecular flexibility index (Phi) is 4.48. The van der Waals surface area contributed by atoms with Gasteiger partial charge < -0.3 is 5.11 Å². The standard InChI is InChI=1S/C15H15N3O3S2/c1-14(2,7-16)12-18-10(9(6-19)23-12)11(20)8-5-17-13(22-8)15(3,4)21/h5-6,21H,1-4H3. The number of hydrogen-bond acceptors (Lipinski definition) is 8. The van der Waals surface area contributed by atoms with E-state index < -0.39 is 16.8 Å². The summed E-state index contributed by atoms with van der Waals surface area (Å²) in [5.41, 5.74) is -2.01. The maximum atomic E-state index is 12.6. The molecular weight excluding hydrogens is 334 g/mol. The quantitative estimate of drug-likeness (QED) is 0.657. The van der Waals surface area contributed by atoms with E-state index in [1.54, 1.807) is 27.7 Å². The third-order valence-electron chi connectivity index (χ3n) is 3.04. The molecule has 0 saturated carbocycles. The molecule has 0 aromatic carbocycles. The second kappa shape index (κ2) is 5.92. The fourth-order valence-electron chi connectivity index (χ4n) is 1.67. The number of aromatic nitrogens is 2. The van der Waals surface area contributed by atoms with Crippen molar-refractivity contribution in [1.82, 2.24) is 9.97 Å². The van der Waals surface area contributed by atoms with Gasteiger partial charge in [0.1, 0.15) is 26.7 Å². The van der Waals surface area contributed by atoms with Gasteiger partial charge in [0.15, 0.2) is 6.29 Å². The van der Waals surface area contributed by atoms with E-state index in [9.17, 15) is 20.0 Å². The summed E-state index contributed by atoms with van der Waals surface area (Å²) in [5, 5.41) is 19.9. The van der Waals surface area contributed by atoms with Gasteiger partial charge in [-0.1, -0.05) is 0 Å². The van der Waals surface area contributed by atoms with Crippen LogP contribution in [0.2, 0.25) is 0 Å². The molecule has 23 heavy (non-hydrogen) atoms. The van der Waals surface area contributed by atoms with E-state index >= 15 is 0 Å². The fourth-order valence-corrected chi connectivity index (χ4v) is 3.46. The van der Waals surface area contributed by atoms with Crippen LogP contribution in [0.4, 0.5) is 0 Å². The Hall–Kier alpha value is -1.95. The second-order valence-corrected chi connectivity index (χ2v) is 8.07. The molecule has 0 fully saturated rings. The molecule has 0 aliphatic rings.